The van der Waals surface area contributed by atoms with Gasteiger partial charge in [0.2, 0.25) is 5.91 Å². The zero-order valence-corrected chi connectivity index (χ0v) is 13.5. The average molecular weight is 316 g/mol. The van der Waals surface area contributed by atoms with Gasteiger partial charge in [-0.3, -0.25) is 9.59 Å². The van der Waals surface area contributed by atoms with E-state index in [2.05, 4.69) is 35.4 Å². The maximum Gasteiger partial charge on any atom is 0.303 e. The molecule has 1 aromatic heterocycles. The van der Waals surface area contributed by atoms with Crippen LogP contribution < -0.4 is 5.32 Å². The number of aliphatic carboxylic acids is 1. The van der Waals surface area contributed by atoms with Crippen molar-refractivity contribution in [2.75, 3.05) is 6.54 Å². The van der Waals surface area contributed by atoms with Crippen LogP contribution in [0.25, 0.3) is 10.9 Å². The van der Waals surface area contributed by atoms with E-state index in [9.17, 15) is 9.59 Å². The second-order valence-electron chi connectivity index (χ2n) is 5.71. The van der Waals surface area contributed by atoms with Crippen molar-refractivity contribution in [2.24, 2.45) is 0 Å². The minimum atomic E-state index is -0.809. The van der Waals surface area contributed by atoms with Crippen molar-refractivity contribution in [1.29, 1.82) is 0 Å². The normalized spacial score (nSPS) is 10.8. The van der Waals surface area contributed by atoms with E-state index in [0.29, 0.717) is 25.8 Å². The summed E-state index contributed by atoms with van der Waals surface area (Å²) in [6, 6.07) is 6.30. The predicted molar refractivity (Wildman–Crippen MR) is 90.5 cm³/mol. The molecular weight excluding hydrogens is 292 g/mol. The smallest absolute Gasteiger partial charge is 0.303 e. The number of aromatic nitrogens is 1. The topological polar surface area (TPSA) is 82.2 Å². The molecule has 5 nitrogen and oxygen atoms in total. The number of amides is 1. The molecule has 0 saturated heterocycles. The van der Waals surface area contributed by atoms with Crippen LogP contribution >= 0.6 is 0 Å². The van der Waals surface area contributed by atoms with Crippen molar-refractivity contribution in [1.82, 2.24) is 10.3 Å². The maximum atomic E-state index is 11.7. The summed E-state index contributed by atoms with van der Waals surface area (Å²) in [6.45, 7) is 2.74. The fourth-order valence-corrected chi connectivity index (χ4v) is 2.76. The molecule has 0 spiro atoms. The number of carbonyl (C=O) groups excluding carboxylic acids is 1. The summed E-state index contributed by atoms with van der Waals surface area (Å²) in [5, 5.41) is 12.7. The summed E-state index contributed by atoms with van der Waals surface area (Å²) in [5.41, 5.74) is 3.70. The van der Waals surface area contributed by atoms with Gasteiger partial charge in [-0.1, -0.05) is 25.1 Å². The lowest BCUT2D eigenvalue weighted by Gasteiger charge is -2.05. The summed E-state index contributed by atoms with van der Waals surface area (Å²) in [4.78, 5) is 25.4. The summed E-state index contributed by atoms with van der Waals surface area (Å²) in [6.07, 6.45) is 5.47. The lowest BCUT2D eigenvalue weighted by atomic mass is 10.1. The number of hydrogen-bond acceptors (Lipinski definition) is 2. The van der Waals surface area contributed by atoms with Crippen LogP contribution in [0.5, 0.6) is 0 Å². The first-order valence-corrected chi connectivity index (χ1v) is 8.18. The number of nitrogens with one attached hydrogen (secondary N) is 2. The Bertz CT molecular complexity index is 676. The van der Waals surface area contributed by atoms with E-state index in [0.717, 1.165) is 12.8 Å². The van der Waals surface area contributed by atoms with E-state index in [-0.39, 0.29) is 12.3 Å². The molecule has 1 heterocycles. The fraction of sp³-hybridized carbons (Fsp3) is 0.444. The molecule has 1 amide bonds. The summed E-state index contributed by atoms with van der Waals surface area (Å²) in [5.74, 6) is -0.819. The summed E-state index contributed by atoms with van der Waals surface area (Å²) < 4.78 is 0. The highest BCUT2D eigenvalue weighted by Crippen LogP contribution is 2.22. The molecule has 2 rings (SSSR count). The molecule has 0 unspecified atom stereocenters. The molecule has 0 saturated carbocycles. The van der Waals surface area contributed by atoms with Gasteiger partial charge in [-0.15, -0.1) is 0 Å². The quantitative estimate of drug-likeness (QED) is 0.622. The first kappa shape index (κ1) is 17.1. The number of unbranched alkanes of at least 4 members (excludes halogenated alkanes) is 1. The van der Waals surface area contributed by atoms with Crippen molar-refractivity contribution in [3.05, 3.63) is 35.5 Å². The minimum Gasteiger partial charge on any atom is -0.481 e. The van der Waals surface area contributed by atoms with Crippen LogP contribution in [0.2, 0.25) is 0 Å². The van der Waals surface area contributed by atoms with Crippen LogP contribution in [0.1, 0.15) is 43.7 Å². The number of fused-ring (bicyclic) bond motifs is 1. The second-order valence-corrected chi connectivity index (χ2v) is 5.71. The number of benzene rings is 1. The standard InChI is InChI=1S/C18H24N2O3/c1-2-13-6-5-7-15-14(12-20-18(13)15)10-11-19-16(21)8-3-4-9-17(22)23/h5-7,12,20H,2-4,8-11H2,1H3,(H,19,21)(H,22,23). The fourth-order valence-electron chi connectivity index (χ4n) is 2.76. The van der Waals surface area contributed by atoms with Gasteiger partial charge in [0.05, 0.1) is 0 Å². The van der Waals surface area contributed by atoms with E-state index in [1.54, 1.807) is 0 Å². The van der Waals surface area contributed by atoms with Crippen LogP contribution in [0.3, 0.4) is 0 Å². The van der Waals surface area contributed by atoms with Gasteiger partial charge in [0.15, 0.2) is 0 Å². The van der Waals surface area contributed by atoms with E-state index < -0.39 is 5.97 Å². The molecular formula is C18H24N2O3. The second kappa shape index (κ2) is 8.36. The average Bonchev–Trinajstić information content (AvgIpc) is 2.95. The molecule has 0 aliphatic rings. The number of hydrogen-bond donors (Lipinski definition) is 3. The third-order valence-corrected chi connectivity index (χ3v) is 4.03. The molecule has 0 atom stereocenters. The molecule has 0 aliphatic heterocycles. The summed E-state index contributed by atoms with van der Waals surface area (Å²) >= 11 is 0. The van der Waals surface area contributed by atoms with E-state index in [1.807, 2.05) is 6.20 Å². The Hall–Kier alpha value is -2.30. The van der Waals surface area contributed by atoms with E-state index >= 15 is 0 Å². The Balaban J connectivity index is 1.78. The van der Waals surface area contributed by atoms with Crippen LogP contribution in [-0.4, -0.2) is 28.5 Å². The van der Waals surface area contributed by atoms with Gasteiger partial charge < -0.3 is 15.4 Å². The Morgan fingerprint density at radius 1 is 1.17 bits per heavy atom. The third-order valence-electron chi connectivity index (χ3n) is 4.03. The molecule has 23 heavy (non-hydrogen) atoms. The number of rotatable bonds is 9. The molecule has 0 bridgehead atoms. The van der Waals surface area contributed by atoms with Gasteiger partial charge in [-0.05, 0) is 36.8 Å². The first-order valence-electron chi connectivity index (χ1n) is 8.18. The highest BCUT2D eigenvalue weighted by molar-refractivity contribution is 5.86. The van der Waals surface area contributed by atoms with Crippen molar-refractivity contribution in [3.8, 4) is 0 Å². The van der Waals surface area contributed by atoms with Crippen molar-refractivity contribution < 1.29 is 14.7 Å². The molecule has 5 heteroatoms. The Kier molecular flexibility index (Phi) is 6.20. The van der Waals surface area contributed by atoms with Crippen LogP contribution in [0.15, 0.2) is 24.4 Å². The highest BCUT2D eigenvalue weighted by atomic mass is 16.4. The number of H-pyrrole nitrogens is 1. The zero-order chi connectivity index (χ0) is 16.7. The lowest BCUT2D eigenvalue weighted by molar-refractivity contribution is -0.137. The van der Waals surface area contributed by atoms with E-state index in [4.69, 9.17) is 5.11 Å². The number of aryl methyl sites for hydroxylation is 1. The van der Waals surface area contributed by atoms with Gasteiger partial charge in [-0.25, -0.2) is 0 Å². The largest absolute Gasteiger partial charge is 0.481 e. The van der Waals surface area contributed by atoms with Gasteiger partial charge in [0.25, 0.3) is 0 Å². The Morgan fingerprint density at radius 3 is 2.70 bits per heavy atom. The van der Waals surface area contributed by atoms with Gasteiger partial charge in [-0.2, -0.15) is 0 Å². The maximum absolute atomic E-state index is 11.7. The van der Waals surface area contributed by atoms with Crippen molar-refractivity contribution >= 4 is 22.8 Å². The van der Waals surface area contributed by atoms with Crippen molar-refractivity contribution in [2.45, 2.75) is 45.4 Å². The van der Waals surface area contributed by atoms with Crippen molar-refractivity contribution in [3.63, 3.8) is 0 Å². The summed E-state index contributed by atoms with van der Waals surface area (Å²) in [7, 11) is 0. The Morgan fingerprint density at radius 2 is 1.96 bits per heavy atom. The van der Waals surface area contributed by atoms with Crippen LogP contribution in [0, 0.1) is 0 Å². The number of carbonyl (C=O) groups is 2. The molecule has 0 radical (unpaired) electrons. The van der Waals surface area contributed by atoms with E-state index in [1.165, 1.54) is 22.0 Å². The highest BCUT2D eigenvalue weighted by Gasteiger charge is 2.07. The predicted octanol–water partition coefficient (Wildman–Crippen LogP) is 3.03. The molecule has 1 aromatic carbocycles. The first-order chi connectivity index (χ1) is 11.1. The monoisotopic (exact) mass is 316 g/mol. The number of carboxylic acid groups (broad SMARTS) is 1. The minimum absolute atomic E-state index is 0.00974. The third kappa shape index (κ3) is 4.84. The molecule has 0 fully saturated rings. The van der Waals surface area contributed by atoms with Gasteiger partial charge >= 0.3 is 5.97 Å². The van der Waals surface area contributed by atoms with Gasteiger partial charge in [0.1, 0.15) is 0 Å². The Labute approximate surface area is 136 Å². The number of para-hydroxylation sites is 1. The van der Waals surface area contributed by atoms with Crippen LogP contribution in [-0.2, 0) is 22.4 Å². The zero-order valence-electron chi connectivity index (χ0n) is 13.5. The molecule has 0 aliphatic carbocycles. The molecule has 2 aromatic rings. The lowest BCUT2D eigenvalue weighted by Crippen LogP contribution is -2.25. The molecule has 3 N–H and O–H groups in total. The number of aromatic amines is 1. The van der Waals surface area contributed by atoms with Gasteiger partial charge in [0, 0.05) is 36.5 Å². The SMILES string of the molecule is CCc1cccc2c(CCNC(=O)CCCCC(=O)O)c[nH]c12. The molecule has 124 valence electrons. The van der Waals surface area contributed by atoms with Crippen LogP contribution in [0.4, 0.5) is 0 Å². The number of carboxylic acids is 1.